The highest BCUT2D eigenvalue weighted by Crippen LogP contribution is 2.81. The van der Waals surface area contributed by atoms with Gasteiger partial charge in [0.05, 0.1) is 12.0 Å². The average molecular weight is 332 g/mol. The fraction of sp³-hybridized carbons (Fsp3) is 0.875. The van der Waals surface area contributed by atoms with E-state index in [0.29, 0.717) is 11.8 Å². The third-order valence-electron chi connectivity index (χ3n) is 11.9. The van der Waals surface area contributed by atoms with Gasteiger partial charge in [0.1, 0.15) is 0 Å². The highest BCUT2D eigenvalue weighted by Gasteiger charge is 2.76. The molecule has 130 valence electrons. The lowest BCUT2D eigenvalue weighted by molar-refractivity contribution is -0.0335. The van der Waals surface area contributed by atoms with Crippen LogP contribution in [-0.2, 0) is 0 Å². The fourth-order valence-corrected chi connectivity index (χ4v) is 12.0. The quantitative estimate of drug-likeness (QED) is 0.469. The summed E-state index contributed by atoms with van der Waals surface area (Å²) < 4.78 is 0. The van der Waals surface area contributed by atoms with Gasteiger partial charge in [0.2, 0.25) is 0 Å². The van der Waals surface area contributed by atoms with Crippen LogP contribution in [0.5, 0.6) is 0 Å². The molecule has 8 rings (SSSR count). The van der Waals surface area contributed by atoms with E-state index in [1.807, 2.05) is 0 Å². The van der Waals surface area contributed by atoms with Gasteiger partial charge in [-0.2, -0.15) is 5.26 Å². The molecule has 7 saturated carbocycles. The van der Waals surface area contributed by atoms with Crippen LogP contribution in [0.1, 0.15) is 32.6 Å². The summed E-state index contributed by atoms with van der Waals surface area (Å²) in [5.74, 6) is 15.5. The van der Waals surface area contributed by atoms with Crippen molar-refractivity contribution < 1.29 is 0 Å². The molecule has 0 radical (unpaired) electrons. The maximum atomic E-state index is 9.78. The molecule has 1 heteroatoms. The van der Waals surface area contributed by atoms with E-state index < -0.39 is 0 Å². The Morgan fingerprint density at radius 2 is 1.12 bits per heavy atom. The van der Waals surface area contributed by atoms with Crippen molar-refractivity contribution in [3.8, 4) is 6.07 Å². The van der Waals surface area contributed by atoms with Gasteiger partial charge in [-0.15, -0.1) is 0 Å². The second-order valence-corrected chi connectivity index (χ2v) is 11.6. The number of fused-ring (bicyclic) bond motifs is 23. The molecule has 16 unspecified atom stereocenters. The van der Waals surface area contributed by atoms with Gasteiger partial charge in [0.15, 0.2) is 0 Å². The zero-order valence-electron chi connectivity index (χ0n) is 15.2. The molecule has 0 heterocycles. The molecule has 8 aliphatic rings. The lowest BCUT2D eigenvalue weighted by atomic mass is 9.53. The van der Waals surface area contributed by atoms with Crippen LogP contribution in [0.3, 0.4) is 0 Å². The maximum absolute atomic E-state index is 9.78. The summed E-state index contributed by atoms with van der Waals surface area (Å²) in [6.07, 6.45) is 11.4. The standard InChI is InChI=1S/C24H29N/c1-9-12-5-13(18(9)8-25)22-17-7-16(21(12)22)23-14-6-15(24(17)23)20-11-3-2-10(4-11)19(14)20/h2-3,9-24H,4-7H2,1H3. The minimum atomic E-state index is 0.404. The van der Waals surface area contributed by atoms with Gasteiger partial charge in [0.25, 0.3) is 0 Å². The van der Waals surface area contributed by atoms with Gasteiger partial charge in [-0.3, -0.25) is 0 Å². The molecule has 25 heavy (non-hydrogen) atoms. The molecule has 7 fully saturated rings. The lowest BCUT2D eigenvalue weighted by Gasteiger charge is -2.51. The molecule has 0 aromatic heterocycles. The number of nitriles is 1. The lowest BCUT2D eigenvalue weighted by Crippen LogP contribution is -2.48. The third kappa shape index (κ3) is 1.18. The van der Waals surface area contributed by atoms with Gasteiger partial charge in [0, 0.05) is 0 Å². The molecule has 16 atom stereocenters. The largest absolute Gasteiger partial charge is 0.198 e. The van der Waals surface area contributed by atoms with Crippen LogP contribution < -0.4 is 0 Å². The van der Waals surface area contributed by atoms with Crippen LogP contribution in [-0.4, -0.2) is 0 Å². The first-order valence-electron chi connectivity index (χ1n) is 11.4. The zero-order valence-corrected chi connectivity index (χ0v) is 15.2. The van der Waals surface area contributed by atoms with E-state index >= 15 is 0 Å². The molecule has 8 aliphatic carbocycles. The first-order valence-corrected chi connectivity index (χ1v) is 11.4. The molecule has 0 aromatic rings. The molecule has 0 spiro atoms. The van der Waals surface area contributed by atoms with E-state index in [1.165, 1.54) is 12.8 Å². The van der Waals surface area contributed by atoms with Crippen molar-refractivity contribution in [2.24, 2.45) is 94.7 Å². The number of nitrogens with zero attached hydrogens (tertiary/aromatic N) is 1. The van der Waals surface area contributed by atoms with Crippen LogP contribution in [0.2, 0.25) is 0 Å². The Hall–Kier alpha value is -0.770. The van der Waals surface area contributed by atoms with E-state index in [0.717, 1.165) is 82.9 Å². The Morgan fingerprint density at radius 1 is 0.640 bits per heavy atom. The number of hydrogen-bond acceptors (Lipinski definition) is 1. The van der Waals surface area contributed by atoms with Crippen molar-refractivity contribution in [2.45, 2.75) is 32.6 Å². The van der Waals surface area contributed by atoms with E-state index in [9.17, 15) is 5.26 Å². The predicted molar refractivity (Wildman–Crippen MR) is 94.7 cm³/mol. The number of hydrogen-bond donors (Lipinski definition) is 0. The molecule has 0 saturated heterocycles. The van der Waals surface area contributed by atoms with Crippen molar-refractivity contribution in [2.75, 3.05) is 0 Å². The number of allylic oxidation sites excluding steroid dienone is 2. The zero-order chi connectivity index (χ0) is 16.2. The van der Waals surface area contributed by atoms with E-state index in [2.05, 4.69) is 25.1 Å². The highest BCUT2D eigenvalue weighted by molar-refractivity contribution is 5.28. The van der Waals surface area contributed by atoms with Gasteiger partial charge >= 0.3 is 0 Å². The van der Waals surface area contributed by atoms with Crippen LogP contribution in [0.25, 0.3) is 0 Å². The summed E-state index contributed by atoms with van der Waals surface area (Å²) in [7, 11) is 0. The summed E-state index contributed by atoms with van der Waals surface area (Å²) in [6, 6.07) is 2.76. The van der Waals surface area contributed by atoms with Crippen LogP contribution in [0.15, 0.2) is 12.2 Å². The summed E-state index contributed by atoms with van der Waals surface area (Å²) >= 11 is 0. The number of rotatable bonds is 0. The van der Waals surface area contributed by atoms with Crippen molar-refractivity contribution in [1.29, 1.82) is 5.26 Å². The second-order valence-electron chi connectivity index (χ2n) is 11.6. The monoisotopic (exact) mass is 331 g/mol. The molecule has 8 bridgehead atoms. The van der Waals surface area contributed by atoms with E-state index in [-0.39, 0.29) is 0 Å². The average Bonchev–Trinajstić information content (AvgIpc) is 3.45. The Balaban J connectivity index is 1.22. The van der Waals surface area contributed by atoms with E-state index in [1.54, 1.807) is 12.8 Å². The van der Waals surface area contributed by atoms with Gasteiger partial charge in [-0.1, -0.05) is 19.1 Å². The maximum Gasteiger partial charge on any atom is 0.0661 e. The van der Waals surface area contributed by atoms with Crippen LogP contribution >= 0.6 is 0 Å². The SMILES string of the molecule is CC1C(C#N)C2CC1C1C3CC(C21)C1C2CC(C4C5C=CC(C5)C24)C31. The molecule has 0 aliphatic heterocycles. The van der Waals surface area contributed by atoms with Crippen molar-refractivity contribution in [1.82, 2.24) is 0 Å². The molecule has 0 aromatic carbocycles. The molecule has 0 N–H and O–H groups in total. The molecule has 1 nitrogen and oxygen atoms in total. The van der Waals surface area contributed by atoms with E-state index in [4.69, 9.17) is 0 Å². The first-order chi connectivity index (χ1) is 12.3. The van der Waals surface area contributed by atoms with Gasteiger partial charge in [-0.05, 0) is 114 Å². The van der Waals surface area contributed by atoms with Gasteiger partial charge < -0.3 is 0 Å². The van der Waals surface area contributed by atoms with Crippen LogP contribution in [0.4, 0.5) is 0 Å². The third-order valence-corrected chi connectivity index (χ3v) is 11.9. The summed E-state index contributed by atoms with van der Waals surface area (Å²) in [6.45, 7) is 2.43. The highest BCUT2D eigenvalue weighted by atomic mass is 14.8. The fourth-order valence-electron chi connectivity index (χ4n) is 12.0. The first kappa shape index (κ1) is 13.4. The minimum absolute atomic E-state index is 0.404. The van der Waals surface area contributed by atoms with Crippen LogP contribution in [0, 0.1) is 106 Å². The predicted octanol–water partition coefficient (Wildman–Crippen LogP) is 4.61. The Labute approximate surface area is 151 Å². The summed E-state index contributed by atoms with van der Waals surface area (Å²) in [5, 5.41) is 9.78. The topological polar surface area (TPSA) is 23.8 Å². The van der Waals surface area contributed by atoms with Crippen molar-refractivity contribution in [3.05, 3.63) is 12.2 Å². The summed E-state index contributed by atoms with van der Waals surface area (Å²) in [5.41, 5.74) is 0. The Bertz CT molecular complexity index is 746. The molecular formula is C24H29N. The second kappa shape index (κ2) is 3.90. The summed E-state index contributed by atoms with van der Waals surface area (Å²) in [4.78, 5) is 0. The molecule has 0 amide bonds. The van der Waals surface area contributed by atoms with Gasteiger partial charge in [-0.25, -0.2) is 0 Å². The Kier molecular flexibility index (Phi) is 2.09. The van der Waals surface area contributed by atoms with Crippen molar-refractivity contribution >= 4 is 0 Å². The molecular weight excluding hydrogens is 302 g/mol. The normalized spacial score (nSPS) is 74.6. The smallest absolute Gasteiger partial charge is 0.0661 e. The minimum Gasteiger partial charge on any atom is -0.198 e. The van der Waals surface area contributed by atoms with Crippen molar-refractivity contribution in [3.63, 3.8) is 0 Å². The Morgan fingerprint density at radius 3 is 1.72 bits per heavy atom.